The highest BCUT2D eigenvalue weighted by Gasteiger charge is 2.19. The van der Waals surface area contributed by atoms with E-state index in [1.807, 2.05) is 49.4 Å². The van der Waals surface area contributed by atoms with Crippen molar-refractivity contribution in [3.05, 3.63) is 93.7 Å². The molecule has 0 radical (unpaired) electrons. The maximum Gasteiger partial charge on any atom is 0.302 e. The molecule has 1 amide bonds. The number of para-hydroxylation sites is 1. The Hall–Kier alpha value is -3.55. The SMILES string of the molecule is Cc1cccc(-n2c(SCC(=O)Nc3cccc(Cl)c3)nc3c(oc4ccccc43)c2=O)c1. The van der Waals surface area contributed by atoms with Crippen LogP contribution in [0.4, 0.5) is 5.69 Å². The van der Waals surface area contributed by atoms with E-state index in [0.29, 0.717) is 32.7 Å². The number of anilines is 1. The van der Waals surface area contributed by atoms with Crippen molar-refractivity contribution < 1.29 is 9.21 Å². The number of halogens is 1. The van der Waals surface area contributed by atoms with Crippen molar-refractivity contribution in [3.8, 4) is 5.69 Å². The lowest BCUT2D eigenvalue weighted by atomic mass is 10.2. The van der Waals surface area contributed by atoms with Crippen LogP contribution in [0.3, 0.4) is 0 Å². The van der Waals surface area contributed by atoms with Gasteiger partial charge in [0.25, 0.3) is 0 Å². The second-order valence-electron chi connectivity index (χ2n) is 7.50. The molecule has 1 N–H and O–H groups in total. The molecule has 2 heterocycles. The van der Waals surface area contributed by atoms with Gasteiger partial charge in [-0.05, 0) is 55.0 Å². The molecule has 0 saturated carbocycles. The van der Waals surface area contributed by atoms with Gasteiger partial charge in [0.1, 0.15) is 11.1 Å². The molecule has 8 heteroatoms. The predicted molar refractivity (Wildman–Crippen MR) is 133 cm³/mol. The summed E-state index contributed by atoms with van der Waals surface area (Å²) in [5.41, 5.74) is 3.20. The molecule has 0 fully saturated rings. The molecule has 2 aromatic heterocycles. The highest BCUT2D eigenvalue weighted by atomic mass is 35.5. The molecule has 0 bridgehead atoms. The van der Waals surface area contributed by atoms with Crippen LogP contribution in [-0.4, -0.2) is 21.2 Å². The van der Waals surface area contributed by atoms with Gasteiger partial charge in [-0.25, -0.2) is 4.98 Å². The van der Waals surface area contributed by atoms with E-state index in [4.69, 9.17) is 21.0 Å². The molecule has 164 valence electrons. The molecule has 0 atom stereocenters. The Labute approximate surface area is 198 Å². The number of aryl methyl sites for hydroxylation is 1. The highest BCUT2D eigenvalue weighted by molar-refractivity contribution is 7.99. The van der Waals surface area contributed by atoms with E-state index in [1.54, 1.807) is 30.3 Å². The zero-order valence-electron chi connectivity index (χ0n) is 17.5. The van der Waals surface area contributed by atoms with Crippen LogP contribution in [0.2, 0.25) is 5.02 Å². The van der Waals surface area contributed by atoms with Gasteiger partial charge in [-0.3, -0.25) is 14.2 Å². The molecule has 5 rings (SSSR count). The molecule has 0 unspecified atom stereocenters. The number of nitrogens with zero attached hydrogens (tertiary/aromatic N) is 2. The zero-order chi connectivity index (χ0) is 22.9. The molecule has 0 spiro atoms. The molecule has 0 aliphatic carbocycles. The Kier molecular flexibility index (Phi) is 5.66. The van der Waals surface area contributed by atoms with Gasteiger partial charge in [-0.2, -0.15) is 0 Å². The van der Waals surface area contributed by atoms with E-state index >= 15 is 0 Å². The molecule has 5 aromatic rings. The van der Waals surface area contributed by atoms with Crippen molar-refractivity contribution in [3.63, 3.8) is 0 Å². The summed E-state index contributed by atoms with van der Waals surface area (Å²) in [5, 5.41) is 4.52. The van der Waals surface area contributed by atoms with Gasteiger partial charge in [0.15, 0.2) is 5.16 Å². The zero-order valence-corrected chi connectivity index (χ0v) is 19.1. The lowest BCUT2D eigenvalue weighted by Gasteiger charge is -2.12. The number of thioether (sulfide) groups is 1. The van der Waals surface area contributed by atoms with Crippen LogP contribution in [-0.2, 0) is 4.79 Å². The van der Waals surface area contributed by atoms with Crippen molar-refractivity contribution in [1.29, 1.82) is 0 Å². The number of rotatable bonds is 5. The highest BCUT2D eigenvalue weighted by Crippen LogP contribution is 2.28. The molecule has 0 saturated heterocycles. The predicted octanol–water partition coefficient (Wildman–Crippen LogP) is 5.82. The first kappa shape index (κ1) is 21.3. The minimum atomic E-state index is -0.320. The number of nitrogens with one attached hydrogen (secondary N) is 1. The van der Waals surface area contributed by atoms with Crippen LogP contribution in [0.1, 0.15) is 5.56 Å². The normalized spacial score (nSPS) is 11.2. The van der Waals surface area contributed by atoms with E-state index in [2.05, 4.69) is 5.32 Å². The number of carbonyl (C=O) groups is 1. The van der Waals surface area contributed by atoms with Crippen LogP contribution in [0.25, 0.3) is 27.8 Å². The van der Waals surface area contributed by atoms with Gasteiger partial charge in [-0.15, -0.1) is 0 Å². The maximum absolute atomic E-state index is 13.5. The number of benzene rings is 3. The monoisotopic (exact) mass is 475 g/mol. The third-order valence-corrected chi connectivity index (χ3v) is 6.24. The number of amides is 1. The number of hydrogen-bond donors (Lipinski definition) is 1. The Bertz CT molecular complexity index is 1570. The van der Waals surface area contributed by atoms with Gasteiger partial charge >= 0.3 is 5.56 Å². The minimum absolute atomic E-state index is 0.0616. The van der Waals surface area contributed by atoms with E-state index in [9.17, 15) is 9.59 Å². The Morgan fingerprint density at radius 1 is 1.09 bits per heavy atom. The van der Waals surface area contributed by atoms with E-state index in [0.717, 1.165) is 10.9 Å². The topological polar surface area (TPSA) is 77.1 Å². The van der Waals surface area contributed by atoms with Gasteiger partial charge in [0, 0.05) is 16.1 Å². The second kappa shape index (κ2) is 8.77. The lowest BCUT2D eigenvalue weighted by molar-refractivity contribution is -0.113. The second-order valence-corrected chi connectivity index (χ2v) is 8.88. The number of fused-ring (bicyclic) bond motifs is 3. The molecule has 0 aliphatic heterocycles. The number of hydrogen-bond acceptors (Lipinski definition) is 5. The summed E-state index contributed by atoms with van der Waals surface area (Å²) in [6.07, 6.45) is 0. The lowest BCUT2D eigenvalue weighted by Crippen LogP contribution is -2.22. The average molecular weight is 476 g/mol. The molecule has 33 heavy (non-hydrogen) atoms. The van der Waals surface area contributed by atoms with Gasteiger partial charge in [0.05, 0.1) is 11.4 Å². The van der Waals surface area contributed by atoms with E-state index < -0.39 is 0 Å². The summed E-state index contributed by atoms with van der Waals surface area (Å²) < 4.78 is 7.34. The third kappa shape index (κ3) is 4.25. The number of carbonyl (C=O) groups excluding carboxylic acids is 1. The first-order valence-electron chi connectivity index (χ1n) is 10.2. The number of furan rings is 1. The standard InChI is InChI=1S/C25H18ClN3O3S/c1-15-6-4-9-18(12-15)29-24(31)23-22(19-10-2-3-11-20(19)32-23)28-25(29)33-14-21(30)27-17-8-5-7-16(26)13-17/h2-13H,14H2,1H3,(H,27,30). The van der Waals surface area contributed by atoms with E-state index in [-0.39, 0.29) is 22.8 Å². The largest absolute Gasteiger partial charge is 0.448 e. The van der Waals surface area contributed by atoms with Crippen molar-refractivity contribution >= 4 is 57.0 Å². The molecule has 3 aromatic carbocycles. The average Bonchev–Trinajstić information content (AvgIpc) is 3.17. The quantitative estimate of drug-likeness (QED) is 0.256. The van der Waals surface area contributed by atoms with Crippen molar-refractivity contribution in [2.24, 2.45) is 0 Å². The fourth-order valence-corrected chi connectivity index (χ4v) is 4.60. The Morgan fingerprint density at radius 2 is 1.91 bits per heavy atom. The van der Waals surface area contributed by atoms with Crippen molar-refractivity contribution in [1.82, 2.24) is 9.55 Å². The first-order valence-corrected chi connectivity index (χ1v) is 11.6. The van der Waals surface area contributed by atoms with Gasteiger partial charge < -0.3 is 9.73 Å². The van der Waals surface area contributed by atoms with Crippen molar-refractivity contribution in [2.75, 3.05) is 11.1 Å². The molecule has 6 nitrogen and oxygen atoms in total. The van der Waals surface area contributed by atoms with Crippen molar-refractivity contribution in [2.45, 2.75) is 12.1 Å². The summed E-state index contributed by atoms with van der Waals surface area (Å²) in [4.78, 5) is 30.9. The Balaban J connectivity index is 1.57. The van der Waals surface area contributed by atoms with Crippen LogP contribution in [0.15, 0.2) is 87.2 Å². The molecular formula is C25H18ClN3O3S. The fourth-order valence-electron chi connectivity index (χ4n) is 3.61. The van der Waals surface area contributed by atoms with Crippen LogP contribution in [0, 0.1) is 6.92 Å². The minimum Gasteiger partial charge on any atom is -0.448 e. The first-order chi connectivity index (χ1) is 16.0. The maximum atomic E-state index is 13.5. The molecular weight excluding hydrogens is 458 g/mol. The summed E-state index contributed by atoms with van der Waals surface area (Å²) in [6, 6.07) is 21.9. The van der Waals surface area contributed by atoms with Crippen LogP contribution >= 0.6 is 23.4 Å². The van der Waals surface area contributed by atoms with Crippen LogP contribution < -0.4 is 10.9 Å². The Morgan fingerprint density at radius 3 is 2.73 bits per heavy atom. The smallest absolute Gasteiger partial charge is 0.302 e. The fraction of sp³-hybridized carbons (Fsp3) is 0.0800. The van der Waals surface area contributed by atoms with Gasteiger partial charge in [-0.1, -0.05) is 53.7 Å². The van der Waals surface area contributed by atoms with Gasteiger partial charge in [0.2, 0.25) is 11.5 Å². The summed E-state index contributed by atoms with van der Waals surface area (Å²) in [6.45, 7) is 1.95. The summed E-state index contributed by atoms with van der Waals surface area (Å²) in [7, 11) is 0. The number of aromatic nitrogens is 2. The van der Waals surface area contributed by atoms with Crippen LogP contribution in [0.5, 0.6) is 0 Å². The summed E-state index contributed by atoms with van der Waals surface area (Å²) >= 11 is 7.18. The van der Waals surface area contributed by atoms with E-state index in [1.165, 1.54) is 16.3 Å². The third-order valence-electron chi connectivity index (χ3n) is 5.07. The molecule has 0 aliphatic rings. The summed E-state index contributed by atoms with van der Waals surface area (Å²) in [5.74, 6) is -0.170.